The Morgan fingerprint density at radius 3 is 1.97 bits per heavy atom. The summed E-state index contributed by atoms with van der Waals surface area (Å²) in [5, 5.41) is 29.0. The van der Waals surface area contributed by atoms with Crippen LogP contribution in [0.4, 0.5) is 0 Å². The zero-order chi connectivity index (χ0) is 21.2. The second-order valence-electron chi connectivity index (χ2n) is 8.44. The Bertz CT molecular complexity index is 387. The molecule has 0 amide bonds. The molecule has 1 saturated heterocycles. The predicted octanol–water partition coefficient (Wildman–Crippen LogP) is 4.52. The van der Waals surface area contributed by atoms with Gasteiger partial charge in [-0.2, -0.15) is 0 Å². The van der Waals surface area contributed by atoms with Gasteiger partial charge in [0.25, 0.3) is 0 Å². The maximum absolute atomic E-state index is 9.94. The molecule has 1 fully saturated rings. The van der Waals surface area contributed by atoms with Crippen molar-refractivity contribution in [3.8, 4) is 0 Å². The molecule has 0 aromatic heterocycles. The van der Waals surface area contributed by atoms with Gasteiger partial charge in [-0.05, 0) is 32.1 Å². The first-order valence-electron chi connectivity index (χ1n) is 12.0. The Hall–Kier alpha value is -0.460. The summed E-state index contributed by atoms with van der Waals surface area (Å²) in [6, 6.07) is 0. The van der Waals surface area contributed by atoms with E-state index >= 15 is 0 Å². The van der Waals surface area contributed by atoms with E-state index in [4.69, 9.17) is 9.47 Å². The van der Waals surface area contributed by atoms with Gasteiger partial charge in [0.1, 0.15) is 24.4 Å². The minimum Gasteiger partial charge on any atom is -0.388 e. The lowest BCUT2D eigenvalue weighted by molar-refractivity contribution is -0.0813. The van der Waals surface area contributed by atoms with Gasteiger partial charge in [0.05, 0.1) is 13.2 Å². The van der Waals surface area contributed by atoms with Crippen LogP contribution in [0.15, 0.2) is 12.2 Å². The highest BCUT2D eigenvalue weighted by Gasteiger charge is 2.39. The molecule has 1 aliphatic rings. The number of hydrogen-bond acceptors (Lipinski definition) is 5. The van der Waals surface area contributed by atoms with Crippen LogP contribution in [0.5, 0.6) is 0 Å². The van der Waals surface area contributed by atoms with Crippen molar-refractivity contribution in [3.63, 3.8) is 0 Å². The van der Waals surface area contributed by atoms with Crippen molar-refractivity contribution in [1.82, 2.24) is 0 Å². The minimum absolute atomic E-state index is 0.0659. The molecular formula is C24H46O5. The molecule has 4 atom stereocenters. The fourth-order valence-electron chi connectivity index (χ4n) is 3.72. The monoisotopic (exact) mass is 414 g/mol. The number of ether oxygens (including phenoxy) is 2. The Labute approximate surface area is 178 Å². The molecule has 3 N–H and O–H groups in total. The molecule has 0 saturated carbocycles. The standard InChI is InChI=1S/C24H46O5/c1-2-3-4-5-6-7-8-9-10-11-12-13-14-15-16-17-18-28-19-22(26)24-23(27)21(25)20-29-24/h11-12,21-27H,2-10,13-20H2,1H3/b12-11+/t21-,22+,23-,24-/m0/s1. The molecule has 0 radical (unpaired) electrons. The Balaban J connectivity index is 1.79. The van der Waals surface area contributed by atoms with Crippen LogP contribution < -0.4 is 0 Å². The van der Waals surface area contributed by atoms with Gasteiger partial charge in [0, 0.05) is 6.61 Å². The van der Waals surface area contributed by atoms with Gasteiger partial charge in [-0.3, -0.25) is 0 Å². The lowest BCUT2D eigenvalue weighted by Crippen LogP contribution is -2.40. The molecule has 0 aromatic carbocycles. The normalized spacial score (nSPS) is 23.2. The third-order valence-electron chi connectivity index (χ3n) is 5.66. The lowest BCUT2D eigenvalue weighted by Gasteiger charge is -2.20. The van der Waals surface area contributed by atoms with Gasteiger partial charge in [0.2, 0.25) is 0 Å². The van der Waals surface area contributed by atoms with E-state index in [2.05, 4.69) is 19.1 Å². The van der Waals surface area contributed by atoms with E-state index in [9.17, 15) is 15.3 Å². The zero-order valence-electron chi connectivity index (χ0n) is 18.6. The number of aliphatic hydroxyl groups excluding tert-OH is 3. The largest absolute Gasteiger partial charge is 0.388 e. The number of hydrogen-bond donors (Lipinski definition) is 3. The first-order valence-corrected chi connectivity index (χ1v) is 12.0. The Kier molecular flexibility index (Phi) is 16.8. The van der Waals surface area contributed by atoms with Crippen LogP contribution in [0.2, 0.25) is 0 Å². The molecule has 5 nitrogen and oxygen atoms in total. The third-order valence-corrected chi connectivity index (χ3v) is 5.66. The summed E-state index contributed by atoms with van der Waals surface area (Å²) in [5.74, 6) is 0. The summed E-state index contributed by atoms with van der Waals surface area (Å²) < 4.78 is 10.7. The van der Waals surface area contributed by atoms with Crippen molar-refractivity contribution < 1.29 is 24.8 Å². The second kappa shape index (κ2) is 18.3. The topological polar surface area (TPSA) is 79.2 Å². The van der Waals surface area contributed by atoms with Crippen LogP contribution in [0.1, 0.15) is 96.8 Å². The molecule has 0 aliphatic carbocycles. The Morgan fingerprint density at radius 1 is 0.862 bits per heavy atom. The predicted molar refractivity (Wildman–Crippen MR) is 118 cm³/mol. The van der Waals surface area contributed by atoms with E-state index in [1.54, 1.807) is 0 Å². The molecule has 5 heteroatoms. The SMILES string of the molecule is CCCCCCCCCC/C=C/CCCCCCOC[C@@H](O)[C@@H]1OC[C@H](O)[C@@H]1O. The second-order valence-corrected chi connectivity index (χ2v) is 8.44. The third kappa shape index (κ3) is 13.5. The van der Waals surface area contributed by atoms with Gasteiger partial charge in [-0.25, -0.2) is 0 Å². The molecule has 1 rings (SSSR count). The van der Waals surface area contributed by atoms with Crippen molar-refractivity contribution in [2.24, 2.45) is 0 Å². The van der Waals surface area contributed by atoms with E-state index in [1.807, 2.05) is 0 Å². The van der Waals surface area contributed by atoms with Crippen molar-refractivity contribution >= 4 is 0 Å². The summed E-state index contributed by atoms with van der Waals surface area (Å²) in [6.07, 6.45) is 19.1. The average molecular weight is 415 g/mol. The van der Waals surface area contributed by atoms with E-state index in [0.29, 0.717) is 6.61 Å². The van der Waals surface area contributed by atoms with Crippen LogP contribution in [0.3, 0.4) is 0 Å². The van der Waals surface area contributed by atoms with Crippen LogP contribution in [-0.2, 0) is 9.47 Å². The number of aliphatic hydroxyl groups is 3. The van der Waals surface area contributed by atoms with E-state index in [-0.39, 0.29) is 13.2 Å². The lowest BCUT2D eigenvalue weighted by atomic mass is 10.1. The smallest absolute Gasteiger partial charge is 0.114 e. The van der Waals surface area contributed by atoms with Gasteiger partial charge < -0.3 is 24.8 Å². The molecule has 172 valence electrons. The fourth-order valence-corrected chi connectivity index (χ4v) is 3.72. The molecule has 0 aromatic rings. The summed E-state index contributed by atoms with van der Waals surface area (Å²) in [7, 11) is 0. The quantitative estimate of drug-likeness (QED) is 0.214. The van der Waals surface area contributed by atoms with Crippen LogP contribution >= 0.6 is 0 Å². The highest BCUT2D eigenvalue weighted by molar-refractivity contribution is 4.87. The highest BCUT2D eigenvalue weighted by atomic mass is 16.5. The minimum atomic E-state index is -1.03. The van der Waals surface area contributed by atoms with Crippen molar-refractivity contribution in [2.45, 2.75) is 121 Å². The first kappa shape index (κ1) is 26.6. The molecule has 0 spiro atoms. The first-order chi connectivity index (χ1) is 14.2. The van der Waals surface area contributed by atoms with Crippen molar-refractivity contribution in [1.29, 1.82) is 0 Å². The van der Waals surface area contributed by atoms with Crippen LogP contribution in [-0.4, -0.2) is 59.6 Å². The summed E-state index contributed by atoms with van der Waals surface area (Å²) in [5.41, 5.74) is 0. The average Bonchev–Trinajstić information content (AvgIpc) is 3.05. The molecule has 0 unspecified atom stereocenters. The van der Waals surface area contributed by atoms with Crippen molar-refractivity contribution in [3.05, 3.63) is 12.2 Å². The van der Waals surface area contributed by atoms with Crippen LogP contribution in [0, 0.1) is 0 Å². The fraction of sp³-hybridized carbons (Fsp3) is 0.917. The summed E-state index contributed by atoms with van der Waals surface area (Å²) >= 11 is 0. The van der Waals surface area contributed by atoms with Crippen LogP contribution in [0.25, 0.3) is 0 Å². The zero-order valence-corrected chi connectivity index (χ0v) is 18.6. The van der Waals surface area contributed by atoms with E-state index in [1.165, 1.54) is 70.6 Å². The van der Waals surface area contributed by atoms with Gasteiger partial charge in [0.15, 0.2) is 0 Å². The number of rotatable bonds is 19. The number of allylic oxidation sites excluding steroid dienone is 2. The van der Waals surface area contributed by atoms with E-state index in [0.717, 1.165) is 19.3 Å². The maximum Gasteiger partial charge on any atom is 0.114 e. The molecule has 1 aliphatic heterocycles. The molecular weight excluding hydrogens is 368 g/mol. The van der Waals surface area contributed by atoms with Gasteiger partial charge in [-0.1, -0.05) is 76.9 Å². The van der Waals surface area contributed by atoms with Crippen molar-refractivity contribution in [2.75, 3.05) is 19.8 Å². The maximum atomic E-state index is 9.94. The molecule has 29 heavy (non-hydrogen) atoms. The summed E-state index contributed by atoms with van der Waals surface area (Å²) in [4.78, 5) is 0. The van der Waals surface area contributed by atoms with E-state index < -0.39 is 24.4 Å². The van der Waals surface area contributed by atoms with Gasteiger partial charge >= 0.3 is 0 Å². The summed E-state index contributed by atoms with van der Waals surface area (Å²) in [6.45, 7) is 3.08. The Morgan fingerprint density at radius 2 is 1.41 bits per heavy atom. The molecule has 0 bridgehead atoms. The highest BCUT2D eigenvalue weighted by Crippen LogP contribution is 2.18. The number of unbranched alkanes of at least 4 members (excludes halogenated alkanes) is 12. The van der Waals surface area contributed by atoms with Gasteiger partial charge in [-0.15, -0.1) is 0 Å². The molecule has 1 heterocycles.